The molecule has 110 valence electrons. The van der Waals surface area contributed by atoms with E-state index in [9.17, 15) is 0 Å². The van der Waals surface area contributed by atoms with E-state index in [0.717, 1.165) is 28.4 Å². The highest BCUT2D eigenvalue weighted by molar-refractivity contribution is 7.15. The number of hydrogen-bond acceptors (Lipinski definition) is 4. The van der Waals surface area contributed by atoms with Crippen LogP contribution in [0.5, 0.6) is 5.75 Å². The van der Waals surface area contributed by atoms with Crippen molar-refractivity contribution in [3.63, 3.8) is 0 Å². The van der Waals surface area contributed by atoms with E-state index >= 15 is 0 Å². The summed E-state index contributed by atoms with van der Waals surface area (Å²) in [6.07, 6.45) is 5.00. The summed E-state index contributed by atoms with van der Waals surface area (Å²) in [4.78, 5) is 5.70. The standard InChI is InChI=1S/C16H19N3OS/c1-11-4-5-12(8-15(11)20-3)14(17-2)9-13-10-19-6-7-21-16(19)18-13/h4-8,10,14,17H,9H2,1-3H3. The molecule has 1 atom stereocenters. The predicted molar refractivity (Wildman–Crippen MR) is 86.3 cm³/mol. The van der Waals surface area contributed by atoms with Crippen molar-refractivity contribution in [3.05, 3.63) is 52.8 Å². The second kappa shape index (κ2) is 5.87. The van der Waals surface area contributed by atoms with E-state index in [1.54, 1.807) is 18.4 Å². The van der Waals surface area contributed by atoms with Gasteiger partial charge in [0.25, 0.3) is 0 Å². The molecule has 0 aliphatic carbocycles. The molecule has 3 aromatic rings. The number of benzene rings is 1. The van der Waals surface area contributed by atoms with Gasteiger partial charge in [0, 0.05) is 30.2 Å². The minimum absolute atomic E-state index is 0.226. The first-order chi connectivity index (χ1) is 10.2. The first-order valence-electron chi connectivity index (χ1n) is 6.94. The molecule has 3 rings (SSSR count). The Labute approximate surface area is 128 Å². The number of fused-ring (bicyclic) bond motifs is 1. The molecule has 2 aromatic heterocycles. The third kappa shape index (κ3) is 2.80. The van der Waals surface area contributed by atoms with Crippen LogP contribution in [0, 0.1) is 6.92 Å². The van der Waals surface area contributed by atoms with Gasteiger partial charge in [0.15, 0.2) is 4.96 Å². The van der Waals surface area contributed by atoms with Crippen molar-refractivity contribution in [1.29, 1.82) is 0 Å². The fraction of sp³-hybridized carbons (Fsp3) is 0.312. The van der Waals surface area contributed by atoms with Crippen LogP contribution in [0.3, 0.4) is 0 Å². The third-order valence-corrected chi connectivity index (χ3v) is 4.51. The van der Waals surface area contributed by atoms with Gasteiger partial charge in [-0.25, -0.2) is 4.98 Å². The Morgan fingerprint density at radius 2 is 2.29 bits per heavy atom. The molecule has 5 heteroatoms. The summed E-state index contributed by atoms with van der Waals surface area (Å²) in [6.45, 7) is 2.06. The molecule has 21 heavy (non-hydrogen) atoms. The molecule has 0 aliphatic heterocycles. The maximum atomic E-state index is 5.42. The van der Waals surface area contributed by atoms with Crippen LogP contribution in [0.25, 0.3) is 4.96 Å². The zero-order valence-corrected chi connectivity index (χ0v) is 13.3. The molecule has 4 nitrogen and oxygen atoms in total. The Morgan fingerprint density at radius 3 is 3.00 bits per heavy atom. The molecule has 1 unspecified atom stereocenters. The average molecular weight is 301 g/mol. The monoisotopic (exact) mass is 301 g/mol. The lowest BCUT2D eigenvalue weighted by atomic mass is 10.0. The van der Waals surface area contributed by atoms with Crippen LogP contribution >= 0.6 is 11.3 Å². The van der Waals surface area contributed by atoms with E-state index in [0.29, 0.717) is 0 Å². The molecule has 0 fully saturated rings. The number of nitrogens with zero attached hydrogens (tertiary/aromatic N) is 2. The van der Waals surface area contributed by atoms with E-state index in [4.69, 9.17) is 4.74 Å². The predicted octanol–water partition coefficient (Wildman–Crippen LogP) is 3.22. The smallest absolute Gasteiger partial charge is 0.193 e. The molecular weight excluding hydrogens is 282 g/mol. The molecule has 0 amide bonds. The van der Waals surface area contributed by atoms with E-state index < -0.39 is 0 Å². The second-order valence-corrected chi connectivity index (χ2v) is 5.97. The van der Waals surface area contributed by atoms with Crippen molar-refractivity contribution in [2.75, 3.05) is 14.2 Å². The summed E-state index contributed by atoms with van der Waals surface area (Å²) >= 11 is 1.66. The summed E-state index contributed by atoms with van der Waals surface area (Å²) in [5.41, 5.74) is 3.47. The summed E-state index contributed by atoms with van der Waals surface area (Å²) in [5, 5.41) is 5.42. The minimum atomic E-state index is 0.226. The molecule has 0 saturated carbocycles. The first kappa shape index (κ1) is 14.1. The number of hydrogen-bond donors (Lipinski definition) is 1. The zero-order valence-electron chi connectivity index (χ0n) is 12.5. The van der Waals surface area contributed by atoms with E-state index in [1.807, 2.05) is 18.6 Å². The Kier molecular flexibility index (Phi) is 3.94. The van der Waals surface area contributed by atoms with Crippen LogP contribution in [0.1, 0.15) is 22.9 Å². The Morgan fingerprint density at radius 1 is 1.43 bits per heavy atom. The van der Waals surface area contributed by atoms with E-state index in [-0.39, 0.29) is 6.04 Å². The van der Waals surface area contributed by atoms with Gasteiger partial charge in [-0.2, -0.15) is 0 Å². The van der Waals surface area contributed by atoms with Crippen LogP contribution in [0.2, 0.25) is 0 Å². The Balaban J connectivity index is 1.85. The number of ether oxygens (including phenoxy) is 1. The van der Waals surface area contributed by atoms with Crippen LogP contribution in [-0.4, -0.2) is 23.5 Å². The van der Waals surface area contributed by atoms with Gasteiger partial charge in [0.2, 0.25) is 0 Å². The number of methoxy groups -OCH3 is 1. The largest absolute Gasteiger partial charge is 0.496 e. The van der Waals surface area contributed by atoms with Gasteiger partial charge in [0.05, 0.1) is 12.8 Å². The van der Waals surface area contributed by atoms with E-state index in [1.165, 1.54) is 5.56 Å². The van der Waals surface area contributed by atoms with Crippen LogP contribution in [-0.2, 0) is 6.42 Å². The van der Waals surface area contributed by atoms with Crippen molar-refractivity contribution in [3.8, 4) is 5.75 Å². The van der Waals surface area contributed by atoms with Crippen LogP contribution < -0.4 is 10.1 Å². The Bertz CT molecular complexity index is 718. The number of imidazole rings is 1. The molecule has 0 radical (unpaired) electrons. The lowest BCUT2D eigenvalue weighted by Gasteiger charge is -2.17. The number of thiazole rings is 1. The van der Waals surface area contributed by atoms with Crippen LogP contribution in [0.4, 0.5) is 0 Å². The van der Waals surface area contributed by atoms with Gasteiger partial charge in [-0.3, -0.25) is 4.40 Å². The number of aromatic nitrogens is 2. The highest BCUT2D eigenvalue weighted by Gasteiger charge is 2.14. The molecule has 1 aromatic carbocycles. The first-order valence-corrected chi connectivity index (χ1v) is 7.82. The molecule has 1 N–H and O–H groups in total. The lowest BCUT2D eigenvalue weighted by molar-refractivity contribution is 0.410. The molecule has 0 saturated heterocycles. The van der Waals surface area contributed by atoms with E-state index in [2.05, 4.69) is 46.0 Å². The molecule has 2 heterocycles. The van der Waals surface area contributed by atoms with Crippen molar-refractivity contribution in [2.24, 2.45) is 0 Å². The topological polar surface area (TPSA) is 38.6 Å². The molecular formula is C16H19N3OS. The lowest BCUT2D eigenvalue weighted by Crippen LogP contribution is -2.19. The van der Waals surface area contributed by atoms with Gasteiger partial charge in [0.1, 0.15) is 5.75 Å². The highest BCUT2D eigenvalue weighted by Crippen LogP contribution is 2.25. The maximum absolute atomic E-state index is 5.42. The molecule has 0 aliphatic rings. The fourth-order valence-corrected chi connectivity index (χ4v) is 3.24. The summed E-state index contributed by atoms with van der Waals surface area (Å²) < 4.78 is 7.49. The van der Waals surface area contributed by atoms with Crippen molar-refractivity contribution < 1.29 is 4.74 Å². The number of likely N-dealkylation sites (N-methyl/N-ethyl adjacent to an activating group) is 1. The minimum Gasteiger partial charge on any atom is -0.496 e. The summed E-state index contributed by atoms with van der Waals surface area (Å²) in [6, 6.07) is 6.58. The Hall–Kier alpha value is -1.85. The van der Waals surface area contributed by atoms with Gasteiger partial charge in [-0.15, -0.1) is 11.3 Å². The zero-order chi connectivity index (χ0) is 14.8. The van der Waals surface area contributed by atoms with Crippen molar-refractivity contribution >= 4 is 16.3 Å². The van der Waals surface area contributed by atoms with Gasteiger partial charge in [-0.05, 0) is 31.2 Å². The number of rotatable bonds is 5. The molecule has 0 spiro atoms. The fourth-order valence-electron chi connectivity index (χ4n) is 2.52. The SMILES string of the molecule is CNC(Cc1cn2ccsc2n1)c1ccc(C)c(OC)c1. The van der Waals surface area contributed by atoms with Gasteiger partial charge >= 0.3 is 0 Å². The van der Waals surface area contributed by atoms with Gasteiger partial charge in [-0.1, -0.05) is 12.1 Å². The summed E-state index contributed by atoms with van der Waals surface area (Å²) in [7, 11) is 3.69. The quantitative estimate of drug-likeness (QED) is 0.786. The average Bonchev–Trinajstić information content (AvgIpc) is 3.06. The third-order valence-electron chi connectivity index (χ3n) is 3.74. The highest BCUT2D eigenvalue weighted by atomic mass is 32.1. The van der Waals surface area contributed by atoms with Crippen molar-refractivity contribution in [1.82, 2.24) is 14.7 Å². The second-order valence-electron chi connectivity index (χ2n) is 5.10. The molecule has 0 bridgehead atoms. The summed E-state index contributed by atoms with van der Waals surface area (Å²) in [5.74, 6) is 0.929. The maximum Gasteiger partial charge on any atom is 0.193 e. The van der Waals surface area contributed by atoms with Gasteiger partial charge < -0.3 is 10.1 Å². The number of aryl methyl sites for hydroxylation is 1. The normalized spacial score (nSPS) is 12.7. The van der Waals surface area contributed by atoms with Crippen molar-refractivity contribution in [2.45, 2.75) is 19.4 Å². The number of nitrogens with one attached hydrogen (secondary N) is 1. The van der Waals surface area contributed by atoms with Crippen LogP contribution in [0.15, 0.2) is 36.0 Å².